The van der Waals surface area contributed by atoms with E-state index >= 15 is 0 Å². The fourth-order valence-corrected chi connectivity index (χ4v) is 6.29. The first kappa shape index (κ1) is 25.5. The molecule has 4 aromatic carbocycles. The molecule has 5 aromatic rings. The molecule has 2 N–H and O–H groups in total. The number of allylic oxidation sites excluding steroid dienone is 6. The Balaban J connectivity index is 1.29. The van der Waals surface area contributed by atoms with Crippen LogP contribution in [0, 0.1) is 0 Å². The van der Waals surface area contributed by atoms with Gasteiger partial charge in [0.2, 0.25) is 11.4 Å². The summed E-state index contributed by atoms with van der Waals surface area (Å²) in [6, 6.07) is 20.5. The van der Waals surface area contributed by atoms with Crippen LogP contribution in [-0.4, -0.2) is 45.9 Å². The number of carboxylic acid groups (broad SMARTS) is 1. The first-order chi connectivity index (χ1) is 19.3. The highest BCUT2D eigenvalue weighted by Crippen LogP contribution is 2.38. The van der Waals surface area contributed by atoms with Gasteiger partial charge in [-0.05, 0) is 29.7 Å². The zero-order valence-corrected chi connectivity index (χ0v) is 22.3. The van der Waals surface area contributed by atoms with Crippen molar-refractivity contribution >= 4 is 66.0 Å². The Morgan fingerprint density at radius 1 is 0.875 bits per heavy atom. The maximum atomic E-state index is 11.9. The third-order valence-electron chi connectivity index (χ3n) is 7.24. The molecule has 0 saturated heterocycles. The monoisotopic (exact) mass is 549 g/mol. The Morgan fingerprint density at radius 3 is 2.35 bits per heavy atom. The molecule has 0 spiro atoms. The molecular formula is C32H25N2O5S+. The first-order valence-corrected chi connectivity index (χ1v) is 14.1. The number of aromatic nitrogens is 1. The van der Waals surface area contributed by atoms with E-state index in [0.717, 1.165) is 49.4 Å². The van der Waals surface area contributed by atoms with Crippen LogP contribution in [0.2, 0.25) is 0 Å². The van der Waals surface area contributed by atoms with Crippen LogP contribution in [0.15, 0.2) is 108 Å². The topological polar surface area (TPSA) is 99.6 Å². The number of carboxylic acids is 1. The molecule has 0 unspecified atom stereocenters. The molecule has 1 aliphatic heterocycles. The number of carbonyl (C=O) groups is 1. The molecule has 8 heteroatoms. The van der Waals surface area contributed by atoms with E-state index in [1.807, 2.05) is 101 Å². The van der Waals surface area contributed by atoms with E-state index in [4.69, 9.17) is 0 Å². The minimum atomic E-state index is -4.34. The fourth-order valence-electron chi connectivity index (χ4n) is 5.60. The van der Waals surface area contributed by atoms with E-state index in [9.17, 15) is 22.9 Å². The minimum absolute atomic E-state index is 0.102. The Labute approximate surface area is 230 Å². The highest BCUT2D eigenvalue weighted by atomic mass is 32.2. The van der Waals surface area contributed by atoms with Crippen LogP contribution in [0.1, 0.15) is 5.56 Å². The molecule has 1 aromatic heterocycles. The van der Waals surface area contributed by atoms with E-state index < -0.39 is 16.1 Å². The molecule has 0 aliphatic carbocycles. The number of benzene rings is 4. The summed E-state index contributed by atoms with van der Waals surface area (Å²) in [7, 11) is -2.43. The molecule has 0 atom stereocenters. The van der Waals surface area contributed by atoms with Crippen molar-refractivity contribution in [2.24, 2.45) is 0 Å². The lowest BCUT2D eigenvalue weighted by Gasteiger charge is -2.03. The van der Waals surface area contributed by atoms with Crippen molar-refractivity contribution in [2.75, 3.05) is 7.05 Å². The van der Waals surface area contributed by atoms with Gasteiger partial charge in [0.05, 0.1) is 16.5 Å². The molecule has 198 valence electrons. The Morgan fingerprint density at radius 2 is 1.57 bits per heavy atom. The SMILES string of the molecule is C[N+]1=C(/C=C/C=C/C=C/C=c2/c3cccc4cccc(c43)n2CC(=O)O)c2cccc3c(S(=O)(=O)O)ccc1c23. The smallest absolute Gasteiger partial charge is 0.323 e. The van der Waals surface area contributed by atoms with Crippen LogP contribution in [0.4, 0.5) is 5.69 Å². The fraction of sp³-hybridized carbons (Fsp3) is 0.0625. The predicted octanol–water partition coefficient (Wildman–Crippen LogP) is 5.22. The van der Waals surface area contributed by atoms with Gasteiger partial charge < -0.3 is 9.67 Å². The zero-order chi connectivity index (χ0) is 28.0. The molecular weight excluding hydrogens is 524 g/mol. The Kier molecular flexibility index (Phi) is 6.21. The van der Waals surface area contributed by atoms with E-state index in [0.29, 0.717) is 5.39 Å². The molecule has 6 rings (SSSR count). The summed E-state index contributed by atoms with van der Waals surface area (Å²) in [5.41, 5.74) is 3.56. The maximum absolute atomic E-state index is 11.9. The van der Waals surface area contributed by atoms with Crippen LogP contribution < -0.4 is 5.35 Å². The Bertz CT molecular complexity index is 2140. The summed E-state index contributed by atoms with van der Waals surface area (Å²) in [5.74, 6) is -0.897. The van der Waals surface area contributed by atoms with Gasteiger partial charge in [0.15, 0.2) is 0 Å². The van der Waals surface area contributed by atoms with Crippen molar-refractivity contribution in [1.29, 1.82) is 0 Å². The average Bonchev–Trinajstić information content (AvgIpc) is 3.37. The summed E-state index contributed by atoms with van der Waals surface area (Å²) in [6.45, 7) is -0.126. The standard InChI is InChI=1S/C32H24N2O5S/c1-33-25(22-13-9-14-24-29(40(37,38)39)19-18-27(33)32(22)24)15-5-3-2-4-6-16-26-23-12-7-10-21-11-8-17-28(31(21)23)34(26)20-30(35)36/h2-19H,20H2,1H3,(H-,35,36,37,38,39)/p+1. The van der Waals surface area contributed by atoms with Gasteiger partial charge in [0.1, 0.15) is 18.5 Å². The molecule has 0 radical (unpaired) electrons. The number of nitrogens with zero attached hydrogens (tertiary/aromatic N) is 2. The summed E-state index contributed by atoms with van der Waals surface area (Å²) < 4.78 is 37.2. The van der Waals surface area contributed by atoms with Crippen molar-refractivity contribution in [2.45, 2.75) is 11.4 Å². The van der Waals surface area contributed by atoms with E-state index in [2.05, 4.69) is 0 Å². The van der Waals surface area contributed by atoms with Gasteiger partial charge in [-0.2, -0.15) is 13.0 Å². The van der Waals surface area contributed by atoms with Crippen LogP contribution in [0.3, 0.4) is 0 Å². The van der Waals surface area contributed by atoms with Crippen molar-refractivity contribution in [3.63, 3.8) is 0 Å². The normalized spacial score (nSPS) is 14.5. The molecule has 40 heavy (non-hydrogen) atoms. The Hall–Kier alpha value is -4.79. The van der Waals surface area contributed by atoms with Crippen molar-refractivity contribution < 1.29 is 27.4 Å². The van der Waals surface area contributed by atoms with Gasteiger partial charge in [0.25, 0.3) is 10.1 Å². The van der Waals surface area contributed by atoms with E-state index in [1.165, 1.54) is 6.07 Å². The maximum Gasteiger partial charge on any atom is 0.323 e. The molecule has 0 fully saturated rings. The number of hydrogen-bond donors (Lipinski definition) is 2. The van der Waals surface area contributed by atoms with Gasteiger partial charge in [-0.15, -0.1) is 0 Å². The minimum Gasteiger partial charge on any atom is -0.480 e. The van der Waals surface area contributed by atoms with Gasteiger partial charge >= 0.3 is 5.97 Å². The second kappa shape index (κ2) is 9.75. The second-order valence-electron chi connectivity index (χ2n) is 9.57. The van der Waals surface area contributed by atoms with Gasteiger partial charge in [-0.25, -0.2) is 0 Å². The van der Waals surface area contributed by atoms with Gasteiger partial charge in [-0.1, -0.05) is 72.8 Å². The quantitative estimate of drug-likeness (QED) is 0.165. The van der Waals surface area contributed by atoms with E-state index in [-0.39, 0.29) is 11.4 Å². The van der Waals surface area contributed by atoms with Crippen LogP contribution >= 0.6 is 0 Å². The lowest BCUT2D eigenvalue weighted by molar-refractivity contribution is -0.399. The molecule has 0 amide bonds. The van der Waals surface area contributed by atoms with Crippen LogP contribution in [-0.2, 0) is 21.5 Å². The molecule has 7 nitrogen and oxygen atoms in total. The number of hydrogen-bond acceptors (Lipinski definition) is 3. The second-order valence-corrected chi connectivity index (χ2v) is 11.0. The number of rotatable bonds is 7. The molecule has 2 heterocycles. The first-order valence-electron chi connectivity index (χ1n) is 12.6. The van der Waals surface area contributed by atoms with Crippen LogP contribution in [0.5, 0.6) is 0 Å². The predicted molar refractivity (Wildman–Crippen MR) is 158 cm³/mol. The summed E-state index contributed by atoms with van der Waals surface area (Å²) in [6.07, 6.45) is 13.3. The average molecular weight is 550 g/mol. The van der Waals surface area contributed by atoms with Gasteiger partial charge in [-0.3, -0.25) is 9.35 Å². The molecule has 1 aliphatic rings. The highest BCUT2D eigenvalue weighted by Gasteiger charge is 2.30. The van der Waals surface area contributed by atoms with Crippen molar-refractivity contribution in [1.82, 2.24) is 4.57 Å². The third kappa shape index (κ3) is 4.23. The lowest BCUT2D eigenvalue weighted by atomic mass is 10.0. The summed E-state index contributed by atoms with van der Waals surface area (Å²) in [5, 5.41) is 14.8. The molecule has 0 saturated carbocycles. The van der Waals surface area contributed by atoms with Crippen LogP contribution in [0.25, 0.3) is 38.5 Å². The summed E-state index contributed by atoms with van der Waals surface area (Å²) >= 11 is 0. The number of aliphatic carboxylic acids is 1. The molecule has 0 bridgehead atoms. The van der Waals surface area contributed by atoms with Gasteiger partial charge in [0, 0.05) is 33.7 Å². The summed E-state index contributed by atoms with van der Waals surface area (Å²) in [4.78, 5) is 11.5. The largest absolute Gasteiger partial charge is 0.480 e. The zero-order valence-electron chi connectivity index (χ0n) is 21.5. The lowest BCUT2D eigenvalue weighted by Crippen LogP contribution is -2.20. The van der Waals surface area contributed by atoms with Crippen molar-refractivity contribution in [3.05, 3.63) is 114 Å². The van der Waals surface area contributed by atoms with Crippen molar-refractivity contribution in [3.8, 4) is 0 Å². The van der Waals surface area contributed by atoms with E-state index in [1.54, 1.807) is 18.2 Å². The highest BCUT2D eigenvalue weighted by molar-refractivity contribution is 7.86. The third-order valence-corrected chi connectivity index (χ3v) is 8.15.